The average Bonchev–Trinajstić information content (AvgIpc) is 3.11. The van der Waals surface area contributed by atoms with Gasteiger partial charge in [-0.15, -0.1) is 10.2 Å². The van der Waals surface area contributed by atoms with Crippen LogP contribution in [0.2, 0.25) is 0 Å². The Kier molecular flexibility index (Phi) is 8.27. The Balaban J connectivity index is 1.73. The van der Waals surface area contributed by atoms with Crippen molar-refractivity contribution in [2.45, 2.75) is 49.8 Å². The maximum atomic E-state index is 11.8. The zero-order valence-corrected chi connectivity index (χ0v) is 19.0. The molecule has 0 bridgehead atoms. The van der Waals surface area contributed by atoms with E-state index in [-0.39, 0.29) is 11.7 Å². The molecule has 3 aromatic rings. The summed E-state index contributed by atoms with van der Waals surface area (Å²) in [6.07, 6.45) is 0.851. The first-order valence-electron chi connectivity index (χ1n) is 9.74. The lowest BCUT2D eigenvalue weighted by Gasteiger charge is -2.10. The van der Waals surface area contributed by atoms with E-state index in [9.17, 15) is 4.79 Å². The molecule has 158 valence electrons. The van der Waals surface area contributed by atoms with E-state index in [4.69, 9.17) is 4.74 Å². The number of ether oxygens (including phenoxy) is 1. The molecule has 7 nitrogen and oxygen atoms in total. The van der Waals surface area contributed by atoms with E-state index in [2.05, 4.69) is 36.9 Å². The second-order valence-electron chi connectivity index (χ2n) is 6.60. The van der Waals surface area contributed by atoms with Crippen molar-refractivity contribution in [1.82, 2.24) is 24.7 Å². The largest absolute Gasteiger partial charge is 0.465 e. The molecule has 0 aliphatic rings. The van der Waals surface area contributed by atoms with Crippen LogP contribution in [-0.4, -0.2) is 43.1 Å². The van der Waals surface area contributed by atoms with Gasteiger partial charge in [0.15, 0.2) is 10.3 Å². The third-order valence-corrected chi connectivity index (χ3v) is 5.96. The maximum absolute atomic E-state index is 11.8. The van der Waals surface area contributed by atoms with E-state index in [1.807, 2.05) is 38.1 Å². The molecule has 0 aliphatic heterocycles. The summed E-state index contributed by atoms with van der Waals surface area (Å²) in [6.45, 7) is 6.83. The number of esters is 1. The Morgan fingerprint density at radius 2 is 1.80 bits per heavy atom. The van der Waals surface area contributed by atoms with E-state index in [0.29, 0.717) is 12.4 Å². The van der Waals surface area contributed by atoms with Crippen LogP contribution in [0.1, 0.15) is 29.7 Å². The van der Waals surface area contributed by atoms with Crippen molar-refractivity contribution < 1.29 is 9.53 Å². The molecule has 0 fully saturated rings. The lowest BCUT2D eigenvalue weighted by Crippen LogP contribution is -2.10. The van der Waals surface area contributed by atoms with Gasteiger partial charge in [0.25, 0.3) is 0 Å². The number of thioether (sulfide) groups is 2. The minimum atomic E-state index is -0.250. The molecule has 0 spiro atoms. The van der Waals surface area contributed by atoms with E-state index < -0.39 is 0 Å². The van der Waals surface area contributed by atoms with Gasteiger partial charge in [-0.2, -0.15) is 0 Å². The van der Waals surface area contributed by atoms with E-state index in [0.717, 1.165) is 40.5 Å². The summed E-state index contributed by atoms with van der Waals surface area (Å²) >= 11 is 2.89. The lowest BCUT2D eigenvalue weighted by atomic mass is 10.1. The summed E-state index contributed by atoms with van der Waals surface area (Å²) in [6, 6.07) is 12.2. The quantitative estimate of drug-likeness (QED) is 0.265. The van der Waals surface area contributed by atoms with Gasteiger partial charge in [0.05, 0.1) is 18.1 Å². The fourth-order valence-corrected chi connectivity index (χ4v) is 4.53. The number of nitrogens with zero attached hydrogens (tertiary/aromatic N) is 5. The zero-order valence-electron chi connectivity index (χ0n) is 17.4. The van der Waals surface area contributed by atoms with E-state index >= 15 is 0 Å². The summed E-state index contributed by atoms with van der Waals surface area (Å²) in [5.41, 5.74) is 3.13. The van der Waals surface area contributed by atoms with Gasteiger partial charge in [-0.1, -0.05) is 53.9 Å². The predicted molar refractivity (Wildman–Crippen MR) is 119 cm³/mol. The normalized spacial score (nSPS) is 10.9. The number of hydrogen-bond acceptors (Lipinski definition) is 8. The number of aromatic nitrogens is 5. The van der Waals surface area contributed by atoms with Crippen LogP contribution < -0.4 is 0 Å². The number of carbonyl (C=O) groups excluding carboxylic acids is 1. The van der Waals surface area contributed by atoms with Crippen molar-refractivity contribution in [1.29, 1.82) is 0 Å². The molecular weight excluding hydrogens is 418 g/mol. The lowest BCUT2D eigenvalue weighted by molar-refractivity contribution is -0.139. The number of aryl methyl sites for hydroxylation is 3. The third-order valence-electron chi connectivity index (χ3n) is 4.18. The van der Waals surface area contributed by atoms with Gasteiger partial charge in [-0.05, 0) is 38.8 Å². The molecule has 9 heteroatoms. The van der Waals surface area contributed by atoms with Crippen molar-refractivity contribution >= 4 is 29.5 Å². The minimum absolute atomic E-state index is 0.213. The maximum Gasteiger partial charge on any atom is 0.316 e. The molecule has 0 amide bonds. The van der Waals surface area contributed by atoms with Crippen LogP contribution in [-0.2, 0) is 28.2 Å². The highest BCUT2D eigenvalue weighted by atomic mass is 32.2. The van der Waals surface area contributed by atoms with Crippen molar-refractivity contribution in [3.63, 3.8) is 0 Å². The Labute approximate surface area is 185 Å². The first kappa shape index (κ1) is 22.3. The van der Waals surface area contributed by atoms with Gasteiger partial charge in [0, 0.05) is 17.9 Å². The smallest absolute Gasteiger partial charge is 0.316 e. The summed E-state index contributed by atoms with van der Waals surface area (Å²) in [5.74, 6) is 1.40. The van der Waals surface area contributed by atoms with Gasteiger partial charge in [0.1, 0.15) is 5.82 Å². The molecule has 0 saturated carbocycles. The summed E-state index contributed by atoms with van der Waals surface area (Å²) < 4.78 is 7.11. The van der Waals surface area contributed by atoms with Gasteiger partial charge in [0.2, 0.25) is 0 Å². The highest BCUT2D eigenvalue weighted by molar-refractivity contribution is 7.99. The standard InChI is InChI=1S/C21H25N5O2S2/c1-4-28-19(27)14-30-21-25-24-18(13-29-20-22-15(2)12-16(3)23-20)26(21)11-10-17-8-6-5-7-9-17/h5-9,12H,4,10-11,13-14H2,1-3H3. The molecule has 0 N–H and O–H groups in total. The van der Waals surface area contributed by atoms with Crippen LogP contribution in [0.3, 0.4) is 0 Å². The Hall–Kier alpha value is -2.39. The molecule has 0 radical (unpaired) electrons. The summed E-state index contributed by atoms with van der Waals surface area (Å²) in [7, 11) is 0. The molecule has 3 rings (SSSR count). The van der Waals surface area contributed by atoms with Gasteiger partial charge in [-0.25, -0.2) is 9.97 Å². The monoisotopic (exact) mass is 443 g/mol. The molecule has 0 saturated heterocycles. The topological polar surface area (TPSA) is 82.8 Å². The van der Waals surface area contributed by atoms with E-state index in [1.54, 1.807) is 6.92 Å². The second-order valence-corrected chi connectivity index (χ2v) is 8.49. The zero-order chi connectivity index (χ0) is 21.3. The minimum Gasteiger partial charge on any atom is -0.465 e. The number of carbonyl (C=O) groups is 1. The van der Waals surface area contributed by atoms with E-state index in [1.165, 1.54) is 29.1 Å². The van der Waals surface area contributed by atoms with Crippen LogP contribution in [0.5, 0.6) is 0 Å². The molecule has 2 heterocycles. The highest BCUT2D eigenvalue weighted by Gasteiger charge is 2.16. The van der Waals surface area contributed by atoms with Crippen LogP contribution in [0.4, 0.5) is 0 Å². The third kappa shape index (κ3) is 6.56. The van der Waals surface area contributed by atoms with Crippen molar-refractivity contribution in [2.24, 2.45) is 0 Å². The Morgan fingerprint density at radius 1 is 1.07 bits per heavy atom. The van der Waals surface area contributed by atoms with Crippen LogP contribution in [0.25, 0.3) is 0 Å². The molecule has 30 heavy (non-hydrogen) atoms. The first-order chi connectivity index (χ1) is 14.5. The van der Waals surface area contributed by atoms with Crippen LogP contribution in [0, 0.1) is 13.8 Å². The van der Waals surface area contributed by atoms with Crippen LogP contribution >= 0.6 is 23.5 Å². The van der Waals surface area contributed by atoms with Gasteiger partial charge in [-0.3, -0.25) is 4.79 Å². The highest BCUT2D eigenvalue weighted by Crippen LogP contribution is 2.23. The molecule has 2 aromatic heterocycles. The second kappa shape index (κ2) is 11.1. The Morgan fingerprint density at radius 3 is 2.50 bits per heavy atom. The summed E-state index contributed by atoms with van der Waals surface area (Å²) in [4.78, 5) is 20.7. The molecular formula is C21H25N5O2S2. The number of hydrogen-bond donors (Lipinski definition) is 0. The first-order valence-corrected chi connectivity index (χ1v) is 11.7. The molecule has 0 aliphatic carbocycles. The fraction of sp³-hybridized carbons (Fsp3) is 0.381. The molecule has 0 unspecified atom stereocenters. The number of benzene rings is 1. The van der Waals surface area contributed by atoms with Gasteiger partial charge >= 0.3 is 5.97 Å². The fourth-order valence-electron chi connectivity index (χ4n) is 2.86. The SMILES string of the molecule is CCOC(=O)CSc1nnc(CSc2nc(C)cc(C)n2)n1CCc1ccccc1. The number of rotatable bonds is 10. The molecule has 0 atom stereocenters. The average molecular weight is 444 g/mol. The van der Waals surface area contributed by atoms with Crippen molar-refractivity contribution in [2.75, 3.05) is 12.4 Å². The summed E-state index contributed by atoms with van der Waals surface area (Å²) in [5, 5.41) is 10.1. The van der Waals surface area contributed by atoms with Crippen molar-refractivity contribution in [3.05, 3.63) is 59.2 Å². The predicted octanol–water partition coefficient (Wildman–Crippen LogP) is 3.88. The van der Waals surface area contributed by atoms with Crippen molar-refractivity contribution in [3.8, 4) is 0 Å². The van der Waals surface area contributed by atoms with Crippen LogP contribution in [0.15, 0.2) is 46.7 Å². The Bertz CT molecular complexity index is 959. The molecule has 1 aromatic carbocycles. The van der Waals surface area contributed by atoms with Gasteiger partial charge < -0.3 is 9.30 Å².